The Kier molecular flexibility index (Phi) is 2.68. The van der Waals surface area contributed by atoms with Crippen molar-refractivity contribution in [3.63, 3.8) is 0 Å². The van der Waals surface area contributed by atoms with Gasteiger partial charge in [0.05, 0.1) is 0 Å². The molecule has 0 fully saturated rings. The van der Waals surface area contributed by atoms with E-state index >= 15 is 0 Å². The van der Waals surface area contributed by atoms with Crippen LogP contribution in [0.4, 0.5) is 0 Å². The van der Waals surface area contributed by atoms with E-state index in [1.165, 1.54) is 0 Å². The van der Waals surface area contributed by atoms with E-state index in [-0.39, 0.29) is 0 Å². The summed E-state index contributed by atoms with van der Waals surface area (Å²) >= 11 is 3.25. The Labute approximate surface area is 111 Å². The average Bonchev–Trinajstić information content (AvgIpc) is 2.79. The minimum atomic E-state index is 0.333. The molecule has 2 aromatic rings. The molecule has 3 rings (SSSR count). The second-order valence-electron chi connectivity index (χ2n) is 3.72. The SMILES string of the molecule is N#Cc1nc(-c2ccc3c(c2)OCCO3)[nH]c1Br. The van der Waals surface area contributed by atoms with Crippen molar-refractivity contribution in [3.8, 4) is 29.0 Å². The zero-order valence-corrected chi connectivity index (χ0v) is 10.8. The first-order chi connectivity index (χ1) is 8.78. The molecule has 2 heterocycles. The largest absolute Gasteiger partial charge is 0.486 e. The Morgan fingerprint density at radius 3 is 2.78 bits per heavy atom. The van der Waals surface area contributed by atoms with Crippen LogP contribution in [-0.4, -0.2) is 23.2 Å². The lowest BCUT2D eigenvalue weighted by Gasteiger charge is -2.18. The van der Waals surface area contributed by atoms with Gasteiger partial charge in [0.25, 0.3) is 0 Å². The number of hydrogen-bond donors (Lipinski definition) is 1. The fourth-order valence-electron chi connectivity index (χ4n) is 1.75. The van der Waals surface area contributed by atoms with E-state index in [9.17, 15) is 0 Å². The highest BCUT2D eigenvalue weighted by molar-refractivity contribution is 9.10. The van der Waals surface area contributed by atoms with Gasteiger partial charge in [-0.2, -0.15) is 5.26 Å². The molecule has 0 bridgehead atoms. The molecule has 0 atom stereocenters. The van der Waals surface area contributed by atoms with Crippen molar-refractivity contribution in [2.45, 2.75) is 0 Å². The second-order valence-corrected chi connectivity index (χ2v) is 4.51. The minimum absolute atomic E-state index is 0.333. The highest BCUT2D eigenvalue weighted by atomic mass is 79.9. The minimum Gasteiger partial charge on any atom is -0.486 e. The summed E-state index contributed by atoms with van der Waals surface area (Å²) in [6.07, 6.45) is 0. The van der Waals surface area contributed by atoms with Crippen LogP contribution in [0.15, 0.2) is 22.8 Å². The van der Waals surface area contributed by atoms with Crippen molar-refractivity contribution < 1.29 is 9.47 Å². The number of aromatic amines is 1. The number of halogens is 1. The number of ether oxygens (including phenoxy) is 2. The number of imidazole rings is 1. The fraction of sp³-hybridized carbons (Fsp3) is 0.167. The molecule has 1 N–H and O–H groups in total. The molecule has 0 saturated carbocycles. The predicted octanol–water partition coefficient (Wildman–Crippen LogP) is 2.48. The number of rotatable bonds is 1. The second kappa shape index (κ2) is 4.35. The van der Waals surface area contributed by atoms with Crippen molar-refractivity contribution in [2.75, 3.05) is 13.2 Å². The Balaban J connectivity index is 2.04. The van der Waals surface area contributed by atoms with Gasteiger partial charge in [0.2, 0.25) is 0 Å². The molecule has 18 heavy (non-hydrogen) atoms. The quantitative estimate of drug-likeness (QED) is 0.878. The van der Waals surface area contributed by atoms with E-state index in [1.807, 2.05) is 24.3 Å². The molecule has 0 amide bonds. The topological polar surface area (TPSA) is 70.9 Å². The zero-order chi connectivity index (χ0) is 12.5. The molecule has 6 heteroatoms. The Morgan fingerprint density at radius 1 is 1.28 bits per heavy atom. The molecule has 0 radical (unpaired) electrons. The molecule has 0 aliphatic carbocycles. The fourth-order valence-corrected chi connectivity index (χ4v) is 2.12. The first kappa shape index (κ1) is 11.1. The van der Waals surface area contributed by atoms with Gasteiger partial charge in [-0.15, -0.1) is 0 Å². The third kappa shape index (κ3) is 1.83. The van der Waals surface area contributed by atoms with Crippen LogP contribution < -0.4 is 9.47 Å². The maximum atomic E-state index is 8.86. The van der Waals surface area contributed by atoms with Crippen LogP contribution in [-0.2, 0) is 0 Å². The maximum Gasteiger partial charge on any atom is 0.173 e. The summed E-state index contributed by atoms with van der Waals surface area (Å²) in [5.41, 5.74) is 1.18. The molecule has 1 aromatic heterocycles. The molecule has 1 aromatic carbocycles. The van der Waals surface area contributed by atoms with Gasteiger partial charge in [0, 0.05) is 5.56 Å². The molecule has 1 aliphatic heterocycles. The molecule has 0 saturated heterocycles. The van der Waals surface area contributed by atoms with Gasteiger partial charge in [0.1, 0.15) is 29.7 Å². The van der Waals surface area contributed by atoms with Gasteiger partial charge in [-0.3, -0.25) is 0 Å². The third-order valence-electron chi connectivity index (χ3n) is 2.58. The van der Waals surface area contributed by atoms with Gasteiger partial charge in [0.15, 0.2) is 17.2 Å². The zero-order valence-electron chi connectivity index (χ0n) is 9.24. The number of fused-ring (bicyclic) bond motifs is 1. The van der Waals surface area contributed by atoms with Crippen LogP contribution in [0.1, 0.15) is 5.69 Å². The van der Waals surface area contributed by atoms with E-state index in [4.69, 9.17) is 14.7 Å². The normalized spacial score (nSPS) is 13.1. The number of nitrogens with zero attached hydrogens (tertiary/aromatic N) is 2. The molecule has 0 unspecified atom stereocenters. The maximum absolute atomic E-state index is 8.86. The lowest BCUT2D eigenvalue weighted by atomic mass is 10.2. The number of nitriles is 1. The first-order valence-electron chi connectivity index (χ1n) is 5.33. The molecule has 1 aliphatic rings. The van der Waals surface area contributed by atoms with Gasteiger partial charge in [-0.1, -0.05) is 0 Å². The van der Waals surface area contributed by atoms with Gasteiger partial charge in [-0.25, -0.2) is 4.98 Å². The van der Waals surface area contributed by atoms with E-state index < -0.39 is 0 Å². The lowest BCUT2D eigenvalue weighted by molar-refractivity contribution is 0.171. The van der Waals surface area contributed by atoms with Crippen LogP contribution in [0, 0.1) is 11.3 Å². The number of hydrogen-bond acceptors (Lipinski definition) is 4. The highest BCUT2D eigenvalue weighted by Crippen LogP contribution is 2.34. The first-order valence-corrected chi connectivity index (χ1v) is 6.13. The molecule has 0 spiro atoms. The summed E-state index contributed by atoms with van der Waals surface area (Å²) in [5, 5.41) is 8.86. The van der Waals surface area contributed by atoms with E-state index in [1.54, 1.807) is 0 Å². The Bertz CT molecular complexity index is 645. The number of H-pyrrole nitrogens is 1. The number of benzene rings is 1. The van der Waals surface area contributed by atoms with E-state index in [0.29, 0.717) is 35.1 Å². The van der Waals surface area contributed by atoms with Crippen LogP contribution in [0.3, 0.4) is 0 Å². The molecular weight excluding hydrogens is 298 g/mol. The van der Waals surface area contributed by atoms with Gasteiger partial charge >= 0.3 is 0 Å². The standard InChI is InChI=1S/C12H8BrN3O2/c13-11-8(6-14)15-12(16-11)7-1-2-9-10(5-7)18-4-3-17-9/h1-2,5H,3-4H2,(H,15,16). The van der Waals surface area contributed by atoms with Crippen molar-refractivity contribution in [1.29, 1.82) is 5.26 Å². The van der Waals surface area contributed by atoms with Crippen LogP contribution in [0.2, 0.25) is 0 Å². The highest BCUT2D eigenvalue weighted by Gasteiger charge is 2.15. The van der Waals surface area contributed by atoms with Gasteiger partial charge in [-0.05, 0) is 34.1 Å². The Hall–Kier alpha value is -2.00. The summed E-state index contributed by atoms with van der Waals surface area (Å²) in [7, 11) is 0. The summed E-state index contributed by atoms with van der Waals surface area (Å²) in [6, 6.07) is 7.57. The van der Waals surface area contributed by atoms with Crippen molar-refractivity contribution in [3.05, 3.63) is 28.5 Å². The van der Waals surface area contributed by atoms with Crippen LogP contribution in [0.5, 0.6) is 11.5 Å². The van der Waals surface area contributed by atoms with Crippen molar-refractivity contribution in [1.82, 2.24) is 9.97 Å². The monoisotopic (exact) mass is 305 g/mol. The van der Waals surface area contributed by atoms with E-state index in [0.717, 1.165) is 11.3 Å². The van der Waals surface area contributed by atoms with Crippen LogP contribution in [0.25, 0.3) is 11.4 Å². The predicted molar refractivity (Wildman–Crippen MR) is 67.4 cm³/mol. The number of nitrogens with one attached hydrogen (secondary N) is 1. The number of aromatic nitrogens is 2. The third-order valence-corrected chi connectivity index (χ3v) is 3.15. The molecule has 5 nitrogen and oxygen atoms in total. The van der Waals surface area contributed by atoms with E-state index in [2.05, 4.69) is 25.9 Å². The summed E-state index contributed by atoms with van der Waals surface area (Å²) in [6.45, 7) is 1.11. The molecular formula is C12H8BrN3O2. The summed E-state index contributed by atoms with van der Waals surface area (Å²) in [5.74, 6) is 2.05. The average molecular weight is 306 g/mol. The lowest BCUT2D eigenvalue weighted by Crippen LogP contribution is -2.15. The Morgan fingerprint density at radius 2 is 2.06 bits per heavy atom. The summed E-state index contributed by atoms with van der Waals surface area (Å²) in [4.78, 5) is 7.19. The van der Waals surface area contributed by atoms with Crippen molar-refractivity contribution in [2.24, 2.45) is 0 Å². The van der Waals surface area contributed by atoms with Crippen LogP contribution >= 0.6 is 15.9 Å². The van der Waals surface area contributed by atoms with Crippen molar-refractivity contribution >= 4 is 15.9 Å². The smallest absolute Gasteiger partial charge is 0.173 e. The van der Waals surface area contributed by atoms with Gasteiger partial charge < -0.3 is 14.5 Å². The summed E-state index contributed by atoms with van der Waals surface area (Å²) < 4.78 is 11.5. The molecule has 90 valence electrons.